The number of rotatable bonds is 4. The van der Waals surface area contributed by atoms with Crippen molar-refractivity contribution in [3.63, 3.8) is 0 Å². The number of sulfonamides is 1. The predicted molar refractivity (Wildman–Crippen MR) is 79.8 cm³/mol. The third-order valence-electron chi connectivity index (χ3n) is 3.86. The maximum Gasteiger partial charge on any atom is 0.214 e. The quantitative estimate of drug-likeness (QED) is 0.920. The van der Waals surface area contributed by atoms with Crippen molar-refractivity contribution in [1.29, 1.82) is 0 Å². The van der Waals surface area contributed by atoms with Crippen LogP contribution in [0, 0.1) is 5.41 Å². The average molecular weight is 302 g/mol. The molecule has 0 spiro atoms. The van der Waals surface area contributed by atoms with E-state index < -0.39 is 10.0 Å². The fourth-order valence-electron chi connectivity index (χ4n) is 2.38. The Morgan fingerprint density at radius 1 is 1.53 bits per heavy atom. The molecule has 1 unspecified atom stereocenters. The molecule has 2 N–H and O–H groups in total. The number of hydrogen-bond acceptors (Lipinski definition) is 4. The molecule has 0 aromatic carbocycles. The van der Waals surface area contributed by atoms with Crippen LogP contribution in [0.3, 0.4) is 0 Å². The maximum absolute atomic E-state index is 12.4. The van der Waals surface area contributed by atoms with Crippen molar-refractivity contribution in [2.45, 2.75) is 32.7 Å². The molecule has 0 amide bonds. The molecule has 1 aliphatic rings. The van der Waals surface area contributed by atoms with Gasteiger partial charge in [-0.05, 0) is 29.7 Å². The van der Waals surface area contributed by atoms with Crippen LogP contribution in [0.2, 0.25) is 0 Å². The lowest BCUT2D eigenvalue weighted by Crippen LogP contribution is -2.54. The van der Waals surface area contributed by atoms with Crippen molar-refractivity contribution in [2.75, 3.05) is 18.8 Å². The highest BCUT2D eigenvalue weighted by molar-refractivity contribution is 7.89. The van der Waals surface area contributed by atoms with Gasteiger partial charge in [0.05, 0.1) is 5.75 Å². The van der Waals surface area contributed by atoms with Gasteiger partial charge in [-0.15, -0.1) is 11.3 Å². The summed E-state index contributed by atoms with van der Waals surface area (Å²) in [7, 11) is -3.17. The molecule has 0 radical (unpaired) electrons. The van der Waals surface area contributed by atoms with E-state index in [1.54, 1.807) is 15.6 Å². The minimum Gasteiger partial charge on any atom is -0.327 e. The van der Waals surface area contributed by atoms with Gasteiger partial charge in [0.2, 0.25) is 10.0 Å². The lowest BCUT2D eigenvalue weighted by molar-refractivity contribution is 0.155. The Kier molecular flexibility index (Phi) is 4.35. The van der Waals surface area contributed by atoms with E-state index in [4.69, 9.17) is 5.73 Å². The van der Waals surface area contributed by atoms with Crippen molar-refractivity contribution in [3.05, 3.63) is 22.4 Å². The average Bonchev–Trinajstić information content (AvgIpc) is 2.83. The summed E-state index contributed by atoms with van der Waals surface area (Å²) < 4.78 is 26.3. The van der Waals surface area contributed by atoms with Crippen molar-refractivity contribution in [1.82, 2.24) is 4.31 Å². The van der Waals surface area contributed by atoms with Crippen molar-refractivity contribution < 1.29 is 8.42 Å². The second-order valence-electron chi connectivity index (χ2n) is 5.86. The summed E-state index contributed by atoms with van der Waals surface area (Å²) in [6.45, 7) is 5.16. The Morgan fingerprint density at radius 2 is 2.26 bits per heavy atom. The van der Waals surface area contributed by atoms with Crippen LogP contribution >= 0.6 is 11.3 Å². The number of hydrogen-bond donors (Lipinski definition) is 1. The second-order valence-corrected chi connectivity index (χ2v) is 8.98. The third kappa shape index (κ3) is 3.56. The molecule has 0 aliphatic carbocycles. The van der Waals surface area contributed by atoms with Crippen LogP contribution in [0.4, 0.5) is 0 Å². The van der Waals surface area contributed by atoms with Crippen LogP contribution in [0.1, 0.15) is 25.1 Å². The summed E-state index contributed by atoms with van der Waals surface area (Å²) in [4.78, 5) is 1.12. The first-order chi connectivity index (χ1) is 8.81. The highest BCUT2D eigenvalue weighted by Crippen LogP contribution is 2.29. The van der Waals surface area contributed by atoms with Crippen LogP contribution in [0.15, 0.2) is 17.5 Å². The van der Waals surface area contributed by atoms with Crippen molar-refractivity contribution in [2.24, 2.45) is 11.1 Å². The zero-order valence-electron chi connectivity index (χ0n) is 11.5. The molecule has 0 saturated carbocycles. The molecule has 2 rings (SSSR count). The zero-order valence-corrected chi connectivity index (χ0v) is 13.1. The molecule has 1 aromatic heterocycles. The zero-order chi connectivity index (χ0) is 14.1. The van der Waals surface area contributed by atoms with E-state index in [1.165, 1.54) is 0 Å². The van der Waals surface area contributed by atoms with Gasteiger partial charge in [-0.2, -0.15) is 0 Å². The van der Waals surface area contributed by atoms with E-state index in [1.807, 2.05) is 31.4 Å². The van der Waals surface area contributed by atoms with Gasteiger partial charge in [0.1, 0.15) is 0 Å². The molecule has 1 aromatic rings. The van der Waals surface area contributed by atoms with E-state index in [2.05, 4.69) is 0 Å². The maximum atomic E-state index is 12.4. The minimum atomic E-state index is -3.17. The molecular weight excluding hydrogens is 280 g/mol. The first-order valence-corrected chi connectivity index (χ1v) is 9.06. The summed E-state index contributed by atoms with van der Waals surface area (Å²) in [5.41, 5.74) is 5.90. The largest absolute Gasteiger partial charge is 0.327 e. The van der Waals surface area contributed by atoms with E-state index >= 15 is 0 Å². The Balaban J connectivity index is 2.00. The molecule has 1 saturated heterocycles. The van der Waals surface area contributed by atoms with Crippen molar-refractivity contribution >= 4 is 21.4 Å². The smallest absolute Gasteiger partial charge is 0.214 e. The summed E-state index contributed by atoms with van der Waals surface area (Å²) in [6, 6.07) is 4.02. The monoisotopic (exact) mass is 302 g/mol. The predicted octanol–water partition coefficient (Wildman–Crippen LogP) is 1.68. The van der Waals surface area contributed by atoms with Gasteiger partial charge < -0.3 is 5.73 Å². The van der Waals surface area contributed by atoms with E-state index in [0.717, 1.165) is 11.3 Å². The van der Waals surface area contributed by atoms with Crippen LogP contribution in [0.5, 0.6) is 0 Å². The van der Waals surface area contributed by atoms with Crippen LogP contribution in [-0.2, 0) is 16.4 Å². The molecule has 4 nitrogen and oxygen atoms in total. The fraction of sp³-hybridized carbons (Fsp3) is 0.692. The molecule has 2 heterocycles. The van der Waals surface area contributed by atoms with E-state index in [-0.39, 0.29) is 17.2 Å². The molecule has 1 fully saturated rings. The fourth-order valence-corrected chi connectivity index (χ4v) is 4.86. The third-order valence-corrected chi connectivity index (χ3v) is 6.61. The SMILES string of the molecule is CC1(C)CN(S(=O)(=O)CCc2cccs2)CCC1N. The molecule has 6 heteroatoms. The summed E-state index contributed by atoms with van der Waals surface area (Å²) in [5.74, 6) is 0.193. The Bertz CT molecular complexity index is 509. The molecular formula is C13H22N2O2S2. The summed E-state index contributed by atoms with van der Waals surface area (Å²) >= 11 is 1.61. The highest BCUT2D eigenvalue weighted by Gasteiger charge is 2.37. The van der Waals surface area contributed by atoms with Crippen LogP contribution < -0.4 is 5.73 Å². The summed E-state index contributed by atoms with van der Waals surface area (Å²) in [6.07, 6.45) is 1.34. The molecule has 19 heavy (non-hydrogen) atoms. The first kappa shape index (κ1) is 15.0. The van der Waals surface area contributed by atoms with Crippen molar-refractivity contribution in [3.8, 4) is 0 Å². The number of thiophene rings is 1. The van der Waals surface area contributed by atoms with Gasteiger partial charge in [0, 0.05) is 24.0 Å². The summed E-state index contributed by atoms with van der Waals surface area (Å²) in [5, 5.41) is 1.98. The number of aryl methyl sites for hydroxylation is 1. The van der Waals surface area contributed by atoms with Crippen LogP contribution in [0.25, 0.3) is 0 Å². The Hall–Kier alpha value is -0.430. The standard InChI is InChI=1S/C13H22N2O2S2/c1-13(2)10-15(7-5-12(13)14)19(16,17)9-6-11-4-3-8-18-11/h3-4,8,12H,5-7,9-10,14H2,1-2H3. The molecule has 1 atom stereocenters. The highest BCUT2D eigenvalue weighted by atomic mass is 32.2. The van der Waals surface area contributed by atoms with Gasteiger partial charge in [-0.1, -0.05) is 19.9 Å². The lowest BCUT2D eigenvalue weighted by atomic mass is 9.81. The normalized spacial score (nSPS) is 24.5. The number of nitrogens with zero attached hydrogens (tertiary/aromatic N) is 1. The number of nitrogens with two attached hydrogens (primary N) is 1. The van der Waals surface area contributed by atoms with Gasteiger partial charge in [-0.3, -0.25) is 0 Å². The van der Waals surface area contributed by atoms with Gasteiger partial charge in [-0.25, -0.2) is 12.7 Å². The van der Waals surface area contributed by atoms with E-state index in [9.17, 15) is 8.42 Å². The molecule has 1 aliphatic heterocycles. The molecule has 108 valence electrons. The van der Waals surface area contributed by atoms with Gasteiger partial charge in [0.15, 0.2) is 0 Å². The second kappa shape index (κ2) is 5.52. The van der Waals surface area contributed by atoms with E-state index in [0.29, 0.717) is 19.5 Å². The topological polar surface area (TPSA) is 63.4 Å². The molecule has 0 bridgehead atoms. The Morgan fingerprint density at radius 3 is 2.84 bits per heavy atom. The number of piperidine rings is 1. The Labute approximate surface area is 119 Å². The minimum absolute atomic E-state index is 0.0799. The van der Waals surface area contributed by atoms with Gasteiger partial charge >= 0.3 is 0 Å². The first-order valence-electron chi connectivity index (χ1n) is 6.57. The van der Waals surface area contributed by atoms with Crippen LogP contribution in [-0.4, -0.2) is 37.6 Å². The lowest BCUT2D eigenvalue weighted by Gasteiger charge is -2.41. The van der Waals surface area contributed by atoms with Gasteiger partial charge in [0.25, 0.3) is 0 Å².